The van der Waals surface area contributed by atoms with Crippen LogP contribution in [0.25, 0.3) is 6.08 Å². The molecule has 22 heavy (non-hydrogen) atoms. The number of hydrogen-bond donors (Lipinski definition) is 0. The molecule has 7 heteroatoms. The quantitative estimate of drug-likeness (QED) is 0.744. The summed E-state index contributed by atoms with van der Waals surface area (Å²) in [5.41, 5.74) is 0.478. The van der Waals surface area contributed by atoms with Crippen molar-refractivity contribution in [3.63, 3.8) is 0 Å². The minimum Gasteiger partial charge on any atom is -0.497 e. The van der Waals surface area contributed by atoms with E-state index in [-0.39, 0.29) is 11.1 Å². The van der Waals surface area contributed by atoms with Crippen LogP contribution in [-0.2, 0) is 4.79 Å². The summed E-state index contributed by atoms with van der Waals surface area (Å²) in [5, 5.41) is -0.352. The van der Waals surface area contributed by atoms with Crippen molar-refractivity contribution in [3.8, 4) is 5.75 Å². The molecule has 0 aliphatic carbocycles. The molecule has 0 atom stereocenters. The molecule has 1 aliphatic rings. The SMILES string of the molecule is COc1cccc(N2C(=O)S/C(=C/c3ccc(Br)o3)C2=O)c1. The fourth-order valence-corrected chi connectivity index (χ4v) is 3.12. The molecule has 5 nitrogen and oxygen atoms in total. The number of ether oxygens (including phenoxy) is 1. The first-order chi connectivity index (χ1) is 10.6. The van der Waals surface area contributed by atoms with Crippen LogP contribution in [-0.4, -0.2) is 18.3 Å². The first kappa shape index (κ1) is 14.9. The Bertz CT molecular complexity index is 783. The van der Waals surface area contributed by atoms with Crippen LogP contribution in [0.3, 0.4) is 0 Å². The van der Waals surface area contributed by atoms with Gasteiger partial charge in [0.25, 0.3) is 11.1 Å². The summed E-state index contributed by atoms with van der Waals surface area (Å²) in [7, 11) is 1.53. The van der Waals surface area contributed by atoms with Gasteiger partial charge in [-0.15, -0.1) is 0 Å². The third-order valence-corrected chi connectivity index (χ3v) is 4.27. The topological polar surface area (TPSA) is 59.8 Å². The molecular formula is C15H10BrNO4S. The van der Waals surface area contributed by atoms with Crippen LogP contribution in [0.1, 0.15) is 5.76 Å². The van der Waals surface area contributed by atoms with Gasteiger partial charge in [-0.1, -0.05) is 6.07 Å². The van der Waals surface area contributed by atoms with Gasteiger partial charge in [0.1, 0.15) is 11.5 Å². The van der Waals surface area contributed by atoms with Crippen molar-refractivity contribution >= 4 is 50.6 Å². The Labute approximate surface area is 139 Å². The molecule has 1 saturated heterocycles. The maximum absolute atomic E-state index is 12.4. The molecule has 1 aliphatic heterocycles. The Morgan fingerprint density at radius 3 is 2.77 bits per heavy atom. The smallest absolute Gasteiger partial charge is 0.298 e. The van der Waals surface area contributed by atoms with E-state index in [0.29, 0.717) is 26.8 Å². The van der Waals surface area contributed by atoms with E-state index >= 15 is 0 Å². The molecule has 3 rings (SSSR count). The van der Waals surface area contributed by atoms with E-state index in [2.05, 4.69) is 15.9 Å². The van der Waals surface area contributed by atoms with Gasteiger partial charge >= 0.3 is 0 Å². The minimum absolute atomic E-state index is 0.315. The van der Waals surface area contributed by atoms with Gasteiger partial charge in [0.15, 0.2) is 4.67 Å². The molecular weight excluding hydrogens is 370 g/mol. The van der Waals surface area contributed by atoms with E-state index in [4.69, 9.17) is 9.15 Å². The number of halogens is 1. The lowest BCUT2D eigenvalue weighted by Crippen LogP contribution is -2.27. The van der Waals surface area contributed by atoms with Gasteiger partial charge in [0.05, 0.1) is 17.7 Å². The molecule has 1 aromatic heterocycles. The summed E-state index contributed by atoms with van der Waals surface area (Å²) in [6.07, 6.45) is 1.55. The number of furan rings is 1. The van der Waals surface area contributed by atoms with Crippen molar-refractivity contribution in [3.05, 3.63) is 51.7 Å². The molecule has 2 aromatic rings. The van der Waals surface area contributed by atoms with Gasteiger partial charge in [-0.05, 0) is 52.0 Å². The van der Waals surface area contributed by atoms with Crippen molar-refractivity contribution in [2.24, 2.45) is 0 Å². The Hall–Kier alpha value is -1.99. The number of carbonyl (C=O) groups excluding carboxylic acids is 2. The summed E-state index contributed by atoms with van der Waals surface area (Å²) in [6.45, 7) is 0. The third kappa shape index (κ3) is 2.82. The summed E-state index contributed by atoms with van der Waals surface area (Å²) < 4.78 is 11.0. The molecule has 112 valence electrons. The molecule has 0 N–H and O–H groups in total. The van der Waals surface area contributed by atoms with E-state index in [1.165, 1.54) is 7.11 Å². The van der Waals surface area contributed by atoms with Crippen molar-refractivity contribution < 1.29 is 18.7 Å². The highest BCUT2D eigenvalue weighted by atomic mass is 79.9. The van der Waals surface area contributed by atoms with E-state index in [1.807, 2.05) is 0 Å². The number of rotatable bonds is 3. The number of thioether (sulfide) groups is 1. The molecule has 0 radical (unpaired) electrons. The number of imide groups is 1. The lowest BCUT2D eigenvalue weighted by Gasteiger charge is -2.13. The van der Waals surface area contributed by atoms with Gasteiger partial charge in [-0.25, -0.2) is 4.90 Å². The van der Waals surface area contributed by atoms with Gasteiger partial charge in [0.2, 0.25) is 0 Å². The lowest BCUT2D eigenvalue weighted by atomic mass is 10.2. The number of amides is 2. The Balaban J connectivity index is 1.92. The van der Waals surface area contributed by atoms with Crippen LogP contribution >= 0.6 is 27.7 Å². The summed E-state index contributed by atoms with van der Waals surface area (Å²) in [6, 6.07) is 10.2. The van der Waals surface area contributed by atoms with Crippen molar-refractivity contribution in [2.75, 3.05) is 12.0 Å². The van der Waals surface area contributed by atoms with Gasteiger partial charge in [-0.2, -0.15) is 0 Å². The van der Waals surface area contributed by atoms with Crippen LogP contribution in [0.5, 0.6) is 5.75 Å². The average molecular weight is 380 g/mol. The number of benzene rings is 1. The van der Waals surface area contributed by atoms with Crippen LogP contribution in [0, 0.1) is 0 Å². The predicted molar refractivity (Wildman–Crippen MR) is 87.9 cm³/mol. The second-order valence-corrected chi connectivity index (χ2v) is 6.14. The Morgan fingerprint density at radius 1 is 1.27 bits per heavy atom. The highest BCUT2D eigenvalue weighted by Crippen LogP contribution is 2.36. The van der Waals surface area contributed by atoms with Crippen LogP contribution in [0.4, 0.5) is 10.5 Å². The fourth-order valence-electron chi connectivity index (χ4n) is 1.97. The molecule has 2 amide bonds. The third-order valence-electron chi connectivity index (χ3n) is 2.97. The molecule has 1 aromatic carbocycles. The van der Waals surface area contributed by atoms with Gasteiger partial charge < -0.3 is 9.15 Å². The maximum Gasteiger partial charge on any atom is 0.298 e. The van der Waals surface area contributed by atoms with Crippen LogP contribution < -0.4 is 9.64 Å². The number of methoxy groups -OCH3 is 1. The minimum atomic E-state index is -0.379. The maximum atomic E-state index is 12.4. The van der Waals surface area contributed by atoms with E-state index < -0.39 is 0 Å². The number of nitrogens with zero attached hydrogens (tertiary/aromatic N) is 1. The summed E-state index contributed by atoms with van der Waals surface area (Å²) in [5.74, 6) is 0.703. The predicted octanol–water partition coefficient (Wildman–Crippen LogP) is 4.29. The molecule has 0 spiro atoms. The Morgan fingerprint density at radius 2 is 2.09 bits per heavy atom. The second kappa shape index (κ2) is 6.02. The first-order valence-electron chi connectivity index (χ1n) is 6.26. The summed E-state index contributed by atoms with van der Waals surface area (Å²) in [4.78, 5) is 26.0. The summed E-state index contributed by atoms with van der Waals surface area (Å²) >= 11 is 4.07. The molecule has 0 bridgehead atoms. The lowest BCUT2D eigenvalue weighted by molar-refractivity contribution is -0.113. The zero-order valence-corrected chi connectivity index (χ0v) is 13.8. The fraction of sp³-hybridized carbons (Fsp3) is 0.0667. The van der Waals surface area contributed by atoms with E-state index in [0.717, 1.165) is 16.7 Å². The van der Waals surface area contributed by atoms with Crippen LogP contribution in [0.15, 0.2) is 50.4 Å². The van der Waals surface area contributed by atoms with Gasteiger partial charge in [0, 0.05) is 12.1 Å². The Kier molecular flexibility index (Phi) is 4.08. The monoisotopic (exact) mass is 379 g/mol. The first-order valence-corrected chi connectivity index (χ1v) is 7.87. The van der Waals surface area contributed by atoms with Crippen molar-refractivity contribution in [1.82, 2.24) is 0 Å². The van der Waals surface area contributed by atoms with E-state index in [1.54, 1.807) is 42.5 Å². The number of carbonyl (C=O) groups is 2. The van der Waals surface area contributed by atoms with Crippen LogP contribution in [0.2, 0.25) is 0 Å². The molecule has 0 saturated carbocycles. The van der Waals surface area contributed by atoms with Gasteiger partial charge in [-0.3, -0.25) is 9.59 Å². The number of anilines is 1. The molecule has 2 heterocycles. The average Bonchev–Trinajstić information content (AvgIpc) is 3.03. The highest BCUT2D eigenvalue weighted by molar-refractivity contribution is 9.10. The van der Waals surface area contributed by atoms with Crippen molar-refractivity contribution in [1.29, 1.82) is 0 Å². The van der Waals surface area contributed by atoms with Crippen molar-refractivity contribution in [2.45, 2.75) is 0 Å². The van der Waals surface area contributed by atoms with E-state index in [9.17, 15) is 9.59 Å². The zero-order valence-electron chi connectivity index (χ0n) is 11.4. The second-order valence-electron chi connectivity index (χ2n) is 4.36. The largest absolute Gasteiger partial charge is 0.497 e. The molecule has 0 unspecified atom stereocenters. The number of hydrogen-bond acceptors (Lipinski definition) is 5. The highest BCUT2D eigenvalue weighted by Gasteiger charge is 2.36. The zero-order chi connectivity index (χ0) is 15.7. The standard InChI is InChI=1S/C15H10BrNO4S/c1-20-10-4-2-3-9(7-10)17-14(18)12(22-15(17)19)8-11-5-6-13(16)21-11/h2-8H,1H3/b12-8+. The normalized spacial score (nSPS) is 16.6. The molecule has 1 fully saturated rings.